The van der Waals surface area contributed by atoms with Gasteiger partial charge in [-0.2, -0.15) is 0 Å². The van der Waals surface area contributed by atoms with Crippen LogP contribution in [0, 0.1) is 5.41 Å². The van der Waals surface area contributed by atoms with Crippen molar-refractivity contribution in [2.75, 3.05) is 10.6 Å². The average molecular weight is 438 g/mol. The maximum Gasteiger partial charge on any atom is 0.310 e. The Hall–Kier alpha value is -1.16. The van der Waals surface area contributed by atoms with Crippen molar-refractivity contribution in [2.24, 2.45) is 5.41 Å². The Balaban J connectivity index is 3.37. The molecular weight excluding hydrogens is 421 g/mol. The molecule has 0 aliphatic heterocycles. The highest BCUT2D eigenvalue weighted by atomic mass is 79.9. The predicted octanol–water partition coefficient (Wildman–Crippen LogP) is 6.30. The second kappa shape index (κ2) is 5.69. The number of benzene rings is 1. The van der Waals surface area contributed by atoms with Gasteiger partial charge in [0, 0.05) is 17.7 Å². The van der Waals surface area contributed by atoms with Crippen molar-refractivity contribution in [2.45, 2.75) is 32.1 Å². The van der Waals surface area contributed by atoms with Crippen molar-refractivity contribution in [1.29, 1.82) is 0 Å². The van der Waals surface area contributed by atoms with Gasteiger partial charge in [0.05, 0.1) is 5.33 Å². The first-order valence-corrected chi connectivity index (χ1v) is 9.77. The molecule has 1 aromatic carbocycles. The van der Waals surface area contributed by atoms with Crippen molar-refractivity contribution in [3.8, 4) is 0 Å². The molecule has 0 aliphatic rings. The molecule has 0 fully saturated rings. The topological polar surface area (TPSA) is 46.2 Å². The van der Waals surface area contributed by atoms with E-state index in [0.717, 1.165) is 6.07 Å². The summed E-state index contributed by atoms with van der Waals surface area (Å²) in [5.41, 5.74) is -1.51. The number of nitrogens with one attached hydrogen (secondary N) is 1. The lowest BCUT2D eigenvalue weighted by Gasteiger charge is -2.40. The first-order valence-electron chi connectivity index (χ1n) is 6.69. The molecule has 0 saturated heterocycles. The van der Waals surface area contributed by atoms with Crippen LogP contribution in [0.15, 0.2) is 23.1 Å². The highest BCUT2D eigenvalue weighted by Crippen LogP contribution is 3.02. The number of carbonyl (C=O) groups is 2. The third kappa shape index (κ3) is 6.39. The van der Waals surface area contributed by atoms with Gasteiger partial charge in [0.15, 0.2) is 5.78 Å². The number of hydrogen-bond acceptors (Lipinski definition) is 2. The summed E-state index contributed by atoms with van der Waals surface area (Å²) in [6.07, 6.45) is -0.0324. The highest BCUT2D eigenvalue weighted by Gasteiger charge is 2.65. The summed E-state index contributed by atoms with van der Waals surface area (Å²) < 4.78 is 65.2. The van der Waals surface area contributed by atoms with Crippen LogP contribution >= 0.6 is 26.2 Å². The number of Topliss-reactive ketones (excluding diaryl/α,β-unsaturated/α-hetero) is 1. The fourth-order valence-corrected chi connectivity index (χ4v) is 2.84. The number of halogens is 6. The summed E-state index contributed by atoms with van der Waals surface area (Å²) in [6, 6.07) is 1.19. The number of carbonyl (C=O) groups excluding carboxylic acids is 2. The van der Waals surface area contributed by atoms with Crippen LogP contribution in [0.2, 0.25) is 0 Å². The van der Waals surface area contributed by atoms with Crippen LogP contribution in [0.25, 0.3) is 0 Å². The second-order valence-electron chi connectivity index (χ2n) is 6.56. The molecule has 24 heavy (non-hydrogen) atoms. The summed E-state index contributed by atoms with van der Waals surface area (Å²) in [4.78, 5) is 21.2. The third-order valence-corrected chi connectivity index (χ3v) is 4.41. The van der Waals surface area contributed by atoms with Gasteiger partial charge in [-0.25, -0.2) is 0 Å². The zero-order valence-corrected chi connectivity index (χ0v) is 15.5. The largest absolute Gasteiger partial charge is 0.326 e. The SMILES string of the molecule is CC(C)(C)CC(=O)Nc1cc(C(=O)CBr)cc(S(F)(F)(F)(F)F)c1. The Morgan fingerprint density at radius 2 is 1.62 bits per heavy atom. The lowest BCUT2D eigenvalue weighted by atomic mass is 9.92. The number of anilines is 1. The van der Waals surface area contributed by atoms with Gasteiger partial charge in [-0.15, -0.1) is 0 Å². The van der Waals surface area contributed by atoms with Crippen molar-refractivity contribution >= 4 is 43.5 Å². The van der Waals surface area contributed by atoms with Crippen molar-refractivity contribution in [3.63, 3.8) is 0 Å². The minimum absolute atomic E-state index is 0.0324. The number of hydrogen-bond donors (Lipinski definition) is 1. The van der Waals surface area contributed by atoms with Crippen molar-refractivity contribution in [3.05, 3.63) is 23.8 Å². The predicted molar refractivity (Wildman–Crippen MR) is 88.7 cm³/mol. The molecule has 1 rings (SSSR count). The first-order chi connectivity index (χ1) is 10.4. The lowest BCUT2D eigenvalue weighted by Crippen LogP contribution is -2.20. The van der Waals surface area contributed by atoms with Gasteiger partial charge in [-0.05, 0) is 23.6 Å². The fourth-order valence-electron chi connectivity index (χ4n) is 1.82. The Bertz CT molecular complexity index is 683. The van der Waals surface area contributed by atoms with E-state index in [-0.39, 0.29) is 23.9 Å². The van der Waals surface area contributed by atoms with Crippen molar-refractivity contribution < 1.29 is 29.0 Å². The minimum Gasteiger partial charge on any atom is -0.326 e. The quantitative estimate of drug-likeness (QED) is 0.333. The molecule has 1 aromatic rings. The third-order valence-electron chi connectivity index (χ3n) is 2.77. The van der Waals surface area contributed by atoms with Crippen molar-refractivity contribution in [1.82, 2.24) is 0 Å². The smallest absolute Gasteiger partial charge is 0.310 e. The molecule has 138 valence electrons. The fraction of sp³-hybridized carbons (Fsp3) is 0.429. The molecule has 0 atom stereocenters. The van der Waals surface area contributed by atoms with Crippen LogP contribution in [0.3, 0.4) is 0 Å². The van der Waals surface area contributed by atoms with E-state index in [2.05, 4.69) is 21.2 Å². The summed E-state index contributed by atoms with van der Waals surface area (Å²) in [7, 11) is -9.99. The van der Waals surface area contributed by atoms with Crippen LogP contribution in [-0.4, -0.2) is 17.0 Å². The maximum atomic E-state index is 13.0. The van der Waals surface area contributed by atoms with Gasteiger partial charge in [-0.3, -0.25) is 9.59 Å². The molecule has 0 aromatic heterocycles. The first kappa shape index (κ1) is 20.9. The molecule has 0 radical (unpaired) electrons. The summed E-state index contributed by atoms with van der Waals surface area (Å²) >= 11 is 2.77. The number of rotatable bonds is 5. The Morgan fingerprint density at radius 1 is 1.08 bits per heavy atom. The van der Waals surface area contributed by atoms with Crippen LogP contribution in [0.4, 0.5) is 25.1 Å². The van der Waals surface area contributed by atoms with Gasteiger partial charge >= 0.3 is 10.2 Å². The standard InChI is InChI=1S/C14H17BrF5NO2S/c1-14(2,3)7-13(23)21-10-4-9(12(22)8-15)5-11(6-10)24(16,17,18,19)20/h4-6H,7-8H2,1-3H3,(H,21,23). The molecular formula is C14H17BrF5NO2S. The Labute approximate surface area is 144 Å². The molecule has 10 heteroatoms. The molecule has 0 saturated carbocycles. The lowest BCUT2D eigenvalue weighted by molar-refractivity contribution is -0.117. The summed E-state index contributed by atoms with van der Waals surface area (Å²) in [5.74, 6) is -1.45. The summed E-state index contributed by atoms with van der Waals surface area (Å²) in [6.45, 7) is 5.20. The Morgan fingerprint density at radius 3 is 2.04 bits per heavy atom. The molecule has 0 bridgehead atoms. The molecule has 0 spiro atoms. The number of ketones is 1. The van der Waals surface area contributed by atoms with Gasteiger partial charge in [0.25, 0.3) is 0 Å². The minimum atomic E-state index is -9.99. The van der Waals surface area contributed by atoms with Gasteiger partial charge < -0.3 is 5.32 Å². The summed E-state index contributed by atoms with van der Waals surface area (Å²) in [5, 5.41) is 1.80. The molecule has 1 N–H and O–H groups in total. The molecule has 0 aliphatic carbocycles. The average Bonchev–Trinajstić information content (AvgIpc) is 2.32. The van der Waals surface area contributed by atoms with Crippen LogP contribution in [0.5, 0.6) is 0 Å². The van der Waals surface area contributed by atoms with E-state index >= 15 is 0 Å². The van der Waals surface area contributed by atoms with Crippen LogP contribution in [0.1, 0.15) is 37.6 Å². The molecule has 1 amide bonds. The normalized spacial score (nSPS) is 15.4. The molecule has 0 unspecified atom stereocenters. The number of alkyl halides is 1. The van der Waals surface area contributed by atoms with Gasteiger partial charge in [-0.1, -0.05) is 56.1 Å². The van der Waals surface area contributed by atoms with E-state index in [4.69, 9.17) is 0 Å². The second-order valence-corrected chi connectivity index (χ2v) is 9.53. The van der Waals surface area contributed by atoms with E-state index in [1.807, 2.05) is 0 Å². The zero-order valence-electron chi connectivity index (χ0n) is 13.1. The van der Waals surface area contributed by atoms with Crippen LogP contribution in [-0.2, 0) is 4.79 Å². The van der Waals surface area contributed by atoms with Gasteiger partial charge in [0.2, 0.25) is 5.91 Å². The van der Waals surface area contributed by atoms with E-state index < -0.39 is 43.5 Å². The monoisotopic (exact) mass is 437 g/mol. The Kier molecular flexibility index (Phi) is 4.95. The van der Waals surface area contributed by atoms with Gasteiger partial charge in [0.1, 0.15) is 4.90 Å². The van der Waals surface area contributed by atoms with E-state index in [0.29, 0.717) is 0 Å². The number of amides is 1. The molecule has 3 nitrogen and oxygen atoms in total. The van der Waals surface area contributed by atoms with Crippen LogP contribution < -0.4 is 5.32 Å². The zero-order chi connectivity index (χ0) is 19.0. The highest BCUT2D eigenvalue weighted by molar-refractivity contribution is 9.09. The molecule has 0 heterocycles. The van der Waals surface area contributed by atoms with E-state index in [1.54, 1.807) is 20.8 Å². The van der Waals surface area contributed by atoms with E-state index in [9.17, 15) is 29.0 Å². The maximum absolute atomic E-state index is 13.0. The van der Waals surface area contributed by atoms with E-state index in [1.165, 1.54) is 0 Å².